The Kier molecular flexibility index (Phi) is 110. The van der Waals surface area contributed by atoms with E-state index in [0.717, 1.165) is 25.7 Å². The molecule has 132 heavy (non-hydrogen) atoms. The Labute approximate surface area is 786 Å². The van der Waals surface area contributed by atoms with Crippen LogP contribution < -0.4 is 5.32 Å². The van der Waals surface area contributed by atoms with Gasteiger partial charge in [-0.15, -0.1) is 0 Å². The number of carbonyl (C=O) groups is 2. The van der Waals surface area contributed by atoms with Crippen LogP contribution in [0.15, 0.2) is 16.5 Å². The van der Waals surface area contributed by atoms with Crippen molar-refractivity contribution in [3.8, 4) is 0 Å². The van der Waals surface area contributed by atoms with Gasteiger partial charge in [-0.05, 0) is 37.8 Å². The minimum atomic E-state index is -0.440. The van der Waals surface area contributed by atoms with Gasteiger partial charge in [-0.1, -0.05) is 12.8 Å². The molecule has 0 aliphatic heterocycles. The average Bonchev–Trinajstić information content (AvgIpc) is 1.71. The van der Waals surface area contributed by atoms with Crippen LogP contribution >= 0.6 is 0 Å². The van der Waals surface area contributed by atoms with Crippen molar-refractivity contribution in [1.82, 2.24) is 5.32 Å². The van der Waals surface area contributed by atoms with Gasteiger partial charge in [-0.2, -0.15) is 0 Å². The first-order chi connectivity index (χ1) is 65.6. The molecule has 0 aliphatic rings. The van der Waals surface area contributed by atoms with E-state index in [1.807, 2.05) is 0 Å². The maximum Gasteiger partial charge on any atom is 0.287 e. The lowest BCUT2D eigenvalue weighted by molar-refractivity contribution is -0.0319. The summed E-state index contributed by atoms with van der Waals surface area (Å²) in [5.74, 6) is -0.691. The van der Waals surface area contributed by atoms with E-state index in [2.05, 4.69) is 5.32 Å². The number of Topliss-reactive ketones (excluding diaryl/α,β-unsaturated/α-hetero) is 1. The monoisotopic (exact) mass is 1920 g/mol. The summed E-state index contributed by atoms with van der Waals surface area (Å²) in [6, 6.07) is 3.09. The predicted molar refractivity (Wildman–Crippen MR) is 481 cm³/mol. The van der Waals surface area contributed by atoms with E-state index >= 15 is 0 Å². The molecular weight excluding hydrogens is 1750 g/mol. The number of hydrogen-bond donors (Lipinski definition) is 1. The van der Waals surface area contributed by atoms with Crippen LogP contribution in [-0.4, -0.2) is 522 Å². The summed E-state index contributed by atoms with van der Waals surface area (Å²) in [5.41, 5.74) is 0. The van der Waals surface area contributed by atoms with Gasteiger partial charge in [0.25, 0.3) is 5.91 Å². The van der Waals surface area contributed by atoms with Crippen LogP contribution in [0.25, 0.3) is 0 Å². The molecule has 1 rings (SSSR count). The quantitative estimate of drug-likeness (QED) is 0.0718. The van der Waals surface area contributed by atoms with E-state index in [9.17, 15) is 9.59 Å². The molecule has 42 nitrogen and oxygen atoms in total. The summed E-state index contributed by atoms with van der Waals surface area (Å²) in [5, 5.41) is 2.79. The van der Waals surface area contributed by atoms with Crippen molar-refractivity contribution < 1.29 is 194 Å². The third-order valence-corrected chi connectivity index (χ3v) is 17.4. The van der Waals surface area contributed by atoms with Crippen LogP contribution in [0.4, 0.5) is 0 Å². The number of furan rings is 1. The maximum atomic E-state index is 13.9. The smallest absolute Gasteiger partial charge is 0.287 e. The molecular formula is C90H173NO41. The fraction of sp³-hybridized carbons (Fsp3) is 0.933. The number of carbonyl (C=O) groups excluding carboxylic acids is 2. The van der Waals surface area contributed by atoms with Crippen molar-refractivity contribution in [2.24, 2.45) is 5.92 Å². The minimum absolute atomic E-state index is 0.0510. The molecule has 0 unspecified atom stereocenters. The standard InChI is InChI=1S/C90H173NO41/c1-94-16-19-100-28-31-106-40-43-112-49-46-109-37-34-103-25-22-97-13-6-4-8-86(9-5-7-14-98-23-26-104-35-38-110-47-50-113-44-41-107-32-29-101-20-17-95-2)89(92)87-10-11-88(132-87)90(93)91-12-15-99-24-27-105-36-39-111-48-51-115-54-55-117-58-59-119-62-63-121-66-67-123-70-71-125-74-75-127-78-79-129-82-83-131-85-84-130-81-80-128-77-76-126-73-72-124-69-68-122-65-64-120-61-60-118-57-56-116-53-52-114-45-42-108-33-30-102-21-18-96-3/h10-11,86H,4-9,12-85H2,1-3H3,(H,91,93). The molecule has 1 amide bonds. The number of rotatable bonds is 121. The Morgan fingerprint density at radius 2 is 0.326 bits per heavy atom. The van der Waals surface area contributed by atoms with E-state index in [0.29, 0.717) is 489 Å². The van der Waals surface area contributed by atoms with Crippen LogP contribution in [0.3, 0.4) is 0 Å². The van der Waals surface area contributed by atoms with Crippen LogP contribution in [0, 0.1) is 5.92 Å². The van der Waals surface area contributed by atoms with Crippen molar-refractivity contribution in [2.45, 2.75) is 38.5 Å². The molecule has 1 heterocycles. The molecule has 1 aromatic heterocycles. The van der Waals surface area contributed by atoms with Crippen LogP contribution in [0.2, 0.25) is 0 Å². The van der Waals surface area contributed by atoms with Gasteiger partial charge in [-0.3, -0.25) is 9.59 Å². The Morgan fingerprint density at radius 1 is 0.189 bits per heavy atom. The fourth-order valence-electron chi connectivity index (χ4n) is 10.5. The van der Waals surface area contributed by atoms with E-state index in [1.165, 1.54) is 6.07 Å². The van der Waals surface area contributed by atoms with Gasteiger partial charge in [0, 0.05) is 47.0 Å². The molecule has 0 spiro atoms. The SMILES string of the molecule is COCCOCCOCCOCCOCCOCCOCCCCC(CCCCOCCOCCOCCOCCOCCOCCOC)C(=O)c1ccc(C(=O)NCCOCCOCCOCCOCCOCCOCCOCCOCCOCCOCCOCCOCCOCCOCCOCCOCCOCCOCCOCCOCCOCCOCCOCCOC)o1. The molecule has 0 saturated carbocycles. The van der Waals surface area contributed by atoms with Gasteiger partial charge in [0.1, 0.15) is 0 Å². The Bertz CT molecular complexity index is 2280. The highest BCUT2D eigenvalue weighted by Crippen LogP contribution is 2.23. The van der Waals surface area contributed by atoms with E-state index in [1.54, 1.807) is 27.4 Å². The van der Waals surface area contributed by atoms with Gasteiger partial charge in [0.05, 0.1) is 469 Å². The Balaban J connectivity index is 1.92. The van der Waals surface area contributed by atoms with E-state index < -0.39 is 5.91 Å². The lowest BCUT2D eigenvalue weighted by Gasteiger charge is -2.15. The second-order valence-corrected chi connectivity index (χ2v) is 27.9. The highest BCUT2D eigenvalue weighted by molar-refractivity contribution is 5.97. The highest BCUT2D eigenvalue weighted by atomic mass is 16.6. The number of ether oxygens (including phenoxy) is 38. The molecule has 1 N–H and O–H groups in total. The van der Waals surface area contributed by atoms with Crippen LogP contribution in [0.5, 0.6) is 0 Å². The van der Waals surface area contributed by atoms with Crippen LogP contribution in [0.1, 0.15) is 59.6 Å². The molecule has 0 bridgehead atoms. The predicted octanol–water partition coefficient (Wildman–Crippen LogP) is 3.67. The van der Waals surface area contributed by atoms with Crippen molar-refractivity contribution in [3.63, 3.8) is 0 Å². The lowest BCUT2D eigenvalue weighted by atomic mass is 9.90. The van der Waals surface area contributed by atoms with E-state index in [-0.39, 0.29) is 36.4 Å². The molecule has 0 radical (unpaired) electrons. The van der Waals surface area contributed by atoms with Gasteiger partial charge in [0.2, 0.25) is 5.78 Å². The second kappa shape index (κ2) is 115. The molecule has 0 aromatic carbocycles. The number of unbranched alkanes of at least 4 members (excludes halogenated alkanes) is 2. The topological polar surface area (TPSA) is 410 Å². The summed E-state index contributed by atoms with van der Waals surface area (Å²) in [6.07, 6.45) is 4.34. The number of methoxy groups -OCH3 is 3. The minimum Gasteiger partial charge on any atom is -0.448 e. The summed E-state index contributed by atoms with van der Waals surface area (Å²) in [6.45, 7) is 34.9. The van der Waals surface area contributed by atoms with Crippen molar-refractivity contribution in [2.75, 3.05) is 510 Å². The zero-order valence-electron chi connectivity index (χ0n) is 80.5. The van der Waals surface area contributed by atoms with Gasteiger partial charge < -0.3 is 190 Å². The van der Waals surface area contributed by atoms with E-state index in [4.69, 9.17) is 184 Å². The third-order valence-electron chi connectivity index (χ3n) is 17.4. The molecule has 0 aliphatic carbocycles. The molecule has 1 aromatic rings. The third kappa shape index (κ3) is 103. The highest BCUT2D eigenvalue weighted by Gasteiger charge is 2.24. The number of ketones is 1. The van der Waals surface area contributed by atoms with Gasteiger partial charge in [-0.25, -0.2) is 0 Å². The Hall–Kier alpha value is -3.10. The molecule has 0 fully saturated rings. The first-order valence-corrected chi connectivity index (χ1v) is 47.2. The summed E-state index contributed by atoms with van der Waals surface area (Å²) >= 11 is 0. The van der Waals surface area contributed by atoms with Crippen molar-refractivity contribution in [3.05, 3.63) is 23.7 Å². The fourth-order valence-corrected chi connectivity index (χ4v) is 10.5. The number of hydrogen-bond acceptors (Lipinski definition) is 41. The van der Waals surface area contributed by atoms with Crippen molar-refractivity contribution in [1.29, 1.82) is 0 Å². The first-order valence-electron chi connectivity index (χ1n) is 47.2. The largest absolute Gasteiger partial charge is 0.448 e. The molecule has 0 saturated heterocycles. The first kappa shape index (κ1) is 127. The lowest BCUT2D eigenvalue weighted by Crippen LogP contribution is -2.27. The maximum absolute atomic E-state index is 13.9. The zero-order valence-corrected chi connectivity index (χ0v) is 80.5. The molecule has 784 valence electrons. The average molecular weight is 1930 g/mol. The molecule has 0 atom stereocenters. The van der Waals surface area contributed by atoms with Crippen LogP contribution in [-0.2, 0) is 180 Å². The number of nitrogens with one attached hydrogen (secondary N) is 1. The summed E-state index contributed by atoms with van der Waals surface area (Å²) in [4.78, 5) is 26.9. The zero-order chi connectivity index (χ0) is 94.2. The van der Waals surface area contributed by atoms with Gasteiger partial charge >= 0.3 is 0 Å². The normalized spacial score (nSPS) is 11.8. The molecule has 42 heteroatoms. The summed E-state index contributed by atoms with van der Waals surface area (Å²) in [7, 11) is 4.92. The Morgan fingerprint density at radius 3 is 0.485 bits per heavy atom. The van der Waals surface area contributed by atoms with Crippen molar-refractivity contribution >= 4 is 11.7 Å². The van der Waals surface area contributed by atoms with Gasteiger partial charge in [0.15, 0.2) is 11.5 Å². The number of amides is 1. The summed E-state index contributed by atoms with van der Waals surface area (Å²) < 4.78 is 215. The second-order valence-electron chi connectivity index (χ2n) is 27.9.